The number of nitrogens with one attached hydrogen (secondary N) is 1. The van der Waals surface area contributed by atoms with E-state index in [0.717, 1.165) is 23.6 Å². The van der Waals surface area contributed by atoms with Crippen LogP contribution in [0.25, 0.3) is 10.8 Å². The number of ether oxygens (including phenoxy) is 2. The molecule has 0 aliphatic carbocycles. The molecule has 1 amide bonds. The molecule has 0 unspecified atom stereocenters. The third kappa shape index (κ3) is 4.96. The molecule has 1 heterocycles. The number of anilines is 1. The third-order valence-electron chi connectivity index (χ3n) is 5.79. The average Bonchev–Trinajstić information content (AvgIpc) is 3.38. The number of benzene rings is 3. The minimum absolute atomic E-state index is 0.129. The normalized spacial score (nSPS) is 15.3. The van der Waals surface area contributed by atoms with Crippen LogP contribution < -0.4 is 14.8 Å². The Hall–Kier alpha value is -3.10. The monoisotopic (exact) mass is 468 g/mol. The van der Waals surface area contributed by atoms with E-state index in [1.165, 1.54) is 23.5 Å². The molecule has 1 atom stereocenters. The van der Waals surface area contributed by atoms with Gasteiger partial charge in [0.05, 0.1) is 17.7 Å². The molecule has 0 spiro atoms. The van der Waals surface area contributed by atoms with Crippen LogP contribution in [0.2, 0.25) is 0 Å². The Morgan fingerprint density at radius 2 is 1.76 bits per heavy atom. The Kier molecular flexibility index (Phi) is 6.85. The lowest BCUT2D eigenvalue weighted by atomic mass is 10.1. The first-order valence-electron chi connectivity index (χ1n) is 11.1. The van der Waals surface area contributed by atoms with Crippen LogP contribution in [-0.4, -0.2) is 44.9 Å². The zero-order valence-corrected chi connectivity index (χ0v) is 19.6. The summed E-state index contributed by atoms with van der Waals surface area (Å²) >= 11 is 0. The molecular formula is C25H28N2O5S. The summed E-state index contributed by atoms with van der Waals surface area (Å²) in [5.41, 5.74) is 0.295. The molecule has 0 radical (unpaired) electrons. The fraction of sp³-hybridized carbons (Fsp3) is 0.320. The first-order chi connectivity index (χ1) is 15.9. The molecule has 1 fully saturated rings. The number of amides is 1. The molecule has 7 nitrogen and oxygen atoms in total. The highest BCUT2D eigenvalue weighted by atomic mass is 32.2. The van der Waals surface area contributed by atoms with Crippen LogP contribution in [0.4, 0.5) is 5.69 Å². The molecule has 0 bridgehead atoms. The highest BCUT2D eigenvalue weighted by molar-refractivity contribution is 7.89. The lowest BCUT2D eigenvalue weighted by Gasteiger charge is -2.20. The Morgan fingerprint density at radius 1 is 1.03 bits per heavy atom. The molecule has 1 aliphatic rings. The maximum atomic E-state index is 13.0. The van der Waals surface area contributed by atoms with Crippen molar-refractivity contribution in [2.24, 2.45) is 0 Å². The summed E-state index contributed by atoms with van der Waals surface area (Å²) in [6.45, 7) is 2.87. The summed E-state index contributed by atoms with van der Waals surface area (Å²) in [5.74, 6) is 0.594. The summed E-state index contributed by atoms with van der Waals surface area (Å²) in [6.07, 6.45) is 1.38. The number of fused-ring (bicyclic) bond motifs is 1. The molecule has 1 aliphatic heterocycles. The van der Waals surface area contributed by atoms with Gasteiger partial charge in [-0.3, -0.25) is 4.79 Å². The van der Waals surface area contributed by atoms with Gasteiger partial charge >= 0.3 is 0 Å². The summed E-state index contributed by atoms with van der Waals surface area (Å²) in [7, 11) is -2.15. The molecule has 8 heteroatoms. The lowest BCUT2D eigenvalue weighted by Crippen LogP contribution is -2.32. The Balaban J connectivity index is 1.55. The zero-order valence-electron chi connectivity index (χ0n) is 18.8. The first-order valence-corrected chi connectivity index (χ1v) is 12.5. The predicted molar refractivity (Wildman–Crippen MR) is 128 cm³/mol. The van der Waals surface area contributed by atoms with Crippen molar-refractivity contribution in [1.29, 1.82) is 0 Å². The van der Waals surface area contributed by atoms with E-state index >= 15 is 0 Å². The summed E-state index contributed by atoms with van der Waals surface area (Å²) in [6, 6.07) is 18.1. The Morgan fingerprint density at radius 3 is 2.45 bits per heavy atom. The van der Waals surface area contributed by atoms with Crippen molar-refractivity contribution >= 4 is 32.4 Å². The maximum Gasteiger partial charge on any atom is 0.265 e. The van der Waals surface area contributed by atoms with Gasteiger partial charge in [0.2, 0.25) is 10.0 Å². The van der Waals surface area contributed by atoms with E-state index in [1.807, 2.05) is 49.4 Å². The number of hydrogen-bond acceptors (Lipinski definition) is 5. The maximum absolute atomic E-state index is 13.0. The lowest BCUT2D eigenvalue weighted by molar-refractivity contribution is -0.122. The fourth-order valence-corrected chi connectivity index (χ4v) is 5.51. The van der Waals surface area contributed by atoms with Crippen molar-refractivity contribution in [2.75, 3.05) is 25.5 Å². The van der Waals surface area contributed by atoms with Crippen molar-refractivity contribution in [3.63, 3.8) is 0 Å². The molecule has 0 saturated carbocycles. The molecule has 1 saturated heterocycles. The van der Waals surface area contributed by atoms with Crippen LogP contribution >= 0.6 is 0 Å². The first kappa shape index (κ1) is 23.1. The summed E-state index contributed by atoms with van der Waals surface area (Å²) < 4.78 is 38.7. The number of sulfonamides is 1. The van der Waals surface area contributed by atoms with Gasteiger partial charge in [0.15, 0.2) is 6.10 Å². The fourth-order valence-electron chi connectivity index (χ4n) is 3.96. The van der Waals surface area contributed by atoms with Crippen molar-refractivity contribution in [1.82, 2.24) is 4.31 Å². The second-order valence-corrected chi connectivity index (χ2v) is 9.92. The van der Waals surface area contributed by atoms with Crippen LogP contribution in [0.3, 0.4) is 0 Å². The van der Waals surface area contributed by atoms with E-state index in [1.54, 1.807) is 6.07 Å². The van der Waals surface area contributed by atoms with Gasteiger partial charge < -0.3 is 14.8 Å². The van der Waals surface area contributed by atoms with Gasteiger partial charge in [0.1, 0.15) is 11.5 Å². The standard InChI is InChI=1S/C25H28N2O5S/c1-3-23(32-20-11-10-18-8-4-5-9-19(18)16-20)25(28)26-22-17-21(12-13-24(22)31-2)33(29,30)27-14-6-7-15-27/h4-5,8-13,16-17,23H,3,6-7,14-15H2,1-2H3,(H,26,28)/t23-/m0/s1. The number of nitrogens with zero attached hydrogens (tertiary/aromatic N) is 1. The van der Waals surface area contributed by atoms with Crippen LogP contribution in [-0.2, 0) is 14.8 Å². The van der Waals surface area contributed by atoms with Crippen LogP contribution in [0.5, 0.6) is 11.5 Å². The summed E-state index contributed by atoms with van der Waals surface area (Å²) in [4.78, 5) is 13.2. The number of carbonyl (C=O) groups is 1. The molecule has 4 rings (SSSR count). The third-order valence-corrected chi connectivity index (χ3v) is 7.69. The highest BCUT2D eigenvalue weighted by Crippen LogP contribution is 2.31. The largest absolute Gasteiger partial charge is 0.495 e. The Labute approximate surface area is 194 Å². The molecule has 174 valence electrons. The van der Waals surface area contributed by atoms with Crippen LogP contribution in [0, 0.1) is 0 Å². The van der Waals surface area contributed by atoms with E-state index in [2.05, 4.69) is 5.32 Å². The van der Waals surface area contributed by atoms with Gasteiger partial charge in [-0.25, -0.2) is 8.42 Å². The highest BCUT2D eigenvalue weighted by Gasteiger charge is 2.28. The van der Waals surface area contributed by atoms with Gasteiger partial charge in [0, 0.05) is 13.1 Å². The molecule has 3 aromatic rings. The van der Waals surface area contributed by atoms with Gasteiger partial charge in [-0.2, -0.15) is 4.31 Å². The molecule has 33 heavy (non-hydrogen) atoms. The average molecular weight is 469 g/mol. The van der Waals surface area contributed by atoms with Gasteiger partial charge in [-0.1, -0.05) is 37.3 Å². The minimum Gasteiger partial charge on any atom is -0.495 e. The topological polar surface area (TPSA) is 84.9 Å². The number of rotatable bonds is 8. The van der Waals surface area contributed by atoms with E-state index in [9.17, 15) is 13.2 Å². The summed E-state index contributed by atoms with van der Waals surface area (Å²) in [5, 5.41) is 4.91. The smallest absolute Gasteiger partial charge is 0.265 e. The van der Waals surface area contributed by atoms with Gasteiger partial charge in [-0.15, -0.1) is 0 Å². The molecule has 1 N–H and O–H groups in total. The number of methoxy groups -OCH3 is 1. The number of carbonyl (C=O) groups excluding carboxylic acids is 1. The van der Waals surface area contributed by atoms with Gasteiger partial charge in [0.25, 0.3) is 5.91 Å². The second kappa shape index (κ2) is 9.80. The molecule has 3 aromatic carbocycles. The van der Waals surface area contributed by atoms with Crippen molar-refractivity contribution in [2.45, 2.75) is 37.2 Å². The Bertz CT molecular complexity index is 1250. The minimum atomic E-state index is -3.62. The van der Waals surface area contributed by atoms with Crippen molar-refractivity contribution in [3.05, 3.63) is 60.7 Å². The number of hydrogen-bond donors (Lipinski definition) is 1. The van der Waals surface area contributed by atoms with Crippen molar-refractivity contribution < 1.29 is 22.7 Å². The van der Waals surface area contributed by atoms with Crippen LogP contribution in [0.1, 0.15) is 26.2 Å². The van der Waals surface area contributed by atoms with Gasteiger partial charge in [-0.05, 0) is 60.4 Å². The molecule has 0 aromatic heterocycles. The SMILES string of the molecule is CC[C@H](Oc1ccc2ccccc2c1)C(=O)Nc1cc(S(=O)(=O)N2CCCC2)ccc1OC. The molecular weight excluding hydrogens is 440 g/mol. The van der Waals surface area contributed by atoms with E-state index in [0.29, 0.717) is 36.7 Å². The predicted octanol–water partition coefficient (Wildman–Crippen LogP) is 4.43. The van der Waals surface area contributed by atoms with E-state index in [4.69, 9.17) is 9.47 Å². The zero-order chi connectivity index (χ0) is 23.4. The van der Waals surface area contributed by atoms with E-state index in [-0.39, 0.29) is 10.8 Å². The van der Waals surface area contributed by atoms with Crippen molar-refractivity contribution in [3.8, 4) is 11.5 Å². The van der Waals surface area contributed by atoms with Crippen LogP contribution in [0.15, 0.2) is 65.6 Å². The quantitative estimate of drug-likeness (QED) is 0.529. The second-order valence-electron chi connectivity index (χ2n) is 7.99. The van der Waals surface area contributed by atoms with E-state index < -0.39 is 16.1 Å².